The van der Waals surface area contributed by atoms with E-state index in [1.165, 1.54) is 0 Å². The van der Waals surface area contributed by atoms with E-state index in [9.17, 15) is 0 Å². The fourth-order valence-corrected chi connectivity index (χ4v) is 2.59. The van der Waals surface area contributed by atoms with Gasteiger partial charge in [-0.25, -0.2) is 0 Å². The summed E-state index contributed by atoms with van der Waals surface area (Å²) in [7, 11) is 3.80. The first-order chi connectivity index (χ1) is 9.20. The highest BCUT2D eigenvalue weighted by atomic mass is 79.9. The Kier molecular flexibility index (Phi) is 5.48. The Morgan fingerprint density at radius 2 is 2.37 bits per heavy atom. The van der Waals surface area contributed by atoms with Crippen LogP contribution in [0, 0.1) is 0 Å². The van der Waals surface area contributed by atoms with Crippen LogP contribution >= 0.6 is 15.9 Å². The predicted molar refractivity (Wildman–Crippen MR) is 81.2 cm³/mol. The van der Waals surface area contributed by atoms with Crippen LogP contribution in [0.3, 0.4) is 0 Å². The van der Waals surface area contributed by atoms with Crippen LogP contribution in [-0.2, 0) is 4.74 Å². The van der Waals surface area contributed by atoms with Gasteiger partial charge in [-0.15, -0.1) is 0 Å². The van der Waals surface area contributed by atoms with Crippen molar-refractivity contribution < 1.29 is 9.47 Å². The minimum absolute atomic E-state index is 0.453. The highest BCUT2D eigenvalue weighted by Crippen LogP contribution is 2.30. The fourth-order valence-electron chi connectivity index (χ4n) is 2.24. The number of hydrogen-bond donors (Lipinski definition) is 1. The normalized spacial score (nSPS) is 19.2. The SMILES string of the molecule is COc1ccc(Br)cc1N(C)CCC1COCCN1. The van der Waals surface area contributed by atoms with Crippen LogP contribution in [0.2, 0.25) is 0 Å². The standard InChI is InChI=1S/C14H21BrN2O2/c1-17(7-5-12-10-19-8-6-16-12)13-9-11(15)3-4-14(13)18-2/h3-4,9,12,16H,5-8,10H2,1-2H3. The van der Waals surface area contributed by atoms with Crippen LogP contribution in [0.4, 0.5) is 5.69 Å². The molecule has 0 radical (unpaired) electrons. The third-order valence-corrected chi connectivity index (χ3v) is 3.86. The summed E-state index contributed by atoms with van der Waals surface area (Å²) >= 11 is 3.51. The highest BCUT2D eigenvalue weighted by Gasteiger charge is 2.15. The largest absolute Gasteiger partial charge is 0.495 e. The molecular weight excluding hydrogens is 308 g/mol. The number of nitrogens with one attached hydrogen (secondary N) is 1. The minimum Gasteiger partial charge on any atom is -0.495 e. The van der Waals surface area contributed by atoms with Crippen molar-refractivity contribution in [3.8, 4) is 5.75 Å². The van der Waals surface area contributed by atoms with Gasteiger partial charge in [0.05, 0.1) is 26.0 Å². The summed E-state index contributed by atoms with van der Waals surface area (Å²) < 4.78 is 11.9. The summed E-state index contributed by atoms with van der Waals surface area (Å²) in [4.78, 5) is 2.22. The number of rotatable bonds is 5. The Hall–Kier alpha value is -0.780. The lowest BCUT2D eigenvalue weighted by atomic mass is 10.2. The number of morpholine rings is 1. The molecule has 0 aromatic heterocycles. The number of nitrogens with zero attached hydrogens (tertiary/aromatic N) is 1. The van der Waals surface area contributed by atoms with Crippen molar-refractivity contribution in [2.24, 2.45) is 0 Å². The molecule has 19 heavy (non-hydrogen) atoms. The molecule has 1 N–H and O–H groups in total. The van der Waals surface area contributed by atoms with Crippen LogP contribution in [-0.4, -0.2) is 46.5 Å². The molecule has 1 aromatic rings. The van der Waals surface area contributed by atoms with Crippen molar-refractivity contribution in [3.05, 3.63) is 22.7 Å². The second kappa shape index (κ2) is 7.12. The number of ether oxygens (including phenoxy) is 2. The van der Waals surface area contributed by atoms with Crippen LogP contribution in [0.1, 0.15) is 6.42 Å². The number of hydrogen-bond acceptors (Lipinski definition) is 4. The maximum absolute atomic E-state index is 5.47. The van der Waals surface area contributed by atoms with E-state index in [1.54, 1.807) is 7.11 Å². The zero-order valence-electron chi connectivity index (χ0n) is 11.5. The molecule has 0 bridgehead atoms. The molecule has 1 fully saturated rings. The van der Waals surface area contributed by atoms with Gasteiger partial charge in [0, 0.05) is 30.7 Å². The smallest absolute Gasteiger partial charge is 0.142 e. The molecule has 1 atom stereocenters. The lowest BCUT2D eigenvalue weighted by Crippen LogP contribution is -2.43. The first-order valence-electron chi connectivity index (χ1n) is 6.56. The Morgan fingerprint density at radius 1 is 1.53 bits per heavy atom. The third-order valence-electron chi connectivity index (χ3n) is 3.36. The van der Waals surface area contributed by atoms with Crippen LogP contribution in [0.15, 0.2) is 22.7 Å². The molecular formula is C14H21BrN2O2. The van der Waals surface area contributed by atoms with Gasteiger partial charge in [0.25, 0.3) is 0 Å². The summed E-state index contributed by atoms with van der Waals surface area (Å²) in [5, 5.41) is 3.47. The predicted octanol–water partition coefficient (Wildman–Crippen LogP) is 2.27. The van der Waals surface area contributed by atoms with E-state index in [4.69, 9.17) is 9.47 Å². The van der Waals surface area contributed by atoms with Gasteiger partial charge >= 0.3 is 0 Å². The molecule has 5 heteroatoms. The molecule has 0 aliphatic carbocycles. The number of benzene rings is 1. The summed E-state index contributed by atoms with van der Waals surface area (Å²) in [5.41, 5.74) is 1.11. The topological polar surface area (TPSA) is 33.7 Å². The Balaban J connectivity index is 1.94. The van der Waals surface area contributed by atoms with Crippen LogP contribution < -0.4 is 15.0 Å². The summed E-state index contributed by atoms with van der Waals surface area (Å²) in [6, 6.07) is 6.52. The van der Waals surface area contributed by atoms with Gasteiger partial charge in [-0.2, -0.15) is 0 Å². The van der Waals surface area contributed by atoms with E-state index in [-0.39, 0.29) is 0 Å². The second-order valence-corrected chi connectivity index (χ2v) is 5.67. The van der Waals surface area contributed by atoms with E-state index < -0.39 is 0 Å². The van der Waals surface area contributed by atoms with Crippen molar-refractivity contribution in [2.45, 2.75) is 12.5 Å². The van der Waals surface area contributed by atoms with E-state index in [0.29, 0.717) is 6.04 Å². The molecule has 1 aliphatic heterocycles. The van der Waals surface area contributed by atoms with Gasteiger partial charge < -0.3 is 19.7 Å². The summed E-state index contributed by atoms with van der Waals surface area (Å²) in [6.07, 6.45) is 1.06. The number of anilines is 1. The van der Waals surface area contributed by atoms with Crippen molar-refractivity contribution in [2.75, 3.05) is 45.4 Å². The Bertz CT molecular complexity index is 408. The maximum Gasteiger partial charge on any atom is 0.142 e. The van der Waals surface area contributed by atoms with Crippen LogP contribution in [0.25, 0.3) is 0 Å². The average molecular weight is 329 g/mol. The van der Waals surface area contributed by atoms with Gasteiger partial charge in [-0.05, 0) is 24.6 Å². The van der Waals surface area contributed by atoms with Gasteiger partial charge in [0.1, 0.15) is 5.75 Å². The molecule has 106 valence electrons. The zero-order valence-corrected chi connectivity index (χ0v) is 13.1. The molecule has 2 rings (SSSR count). The molecule has 0 saturated carbocycles. The first kappa shape index (κ1) is 14.6. The van der Waals surface area contributed by atoms with Gasteiger partial charge in [0.15, 0.2) is 0 Å². The molecule has 1 saturated heterocycles. The second-order valence-electron chi connectivity index (χ2n) is 4.75. The highest BCUT2D eigenvalue weighted by molar-refractivity contribution is 9.10. The number of methoxy groups -OCH3 is 1. The average Bonchev–Trinajstić information content (AvgIpc) is 2.46. The van der Waals surface area contributed by atoms with E-state index >= 15 is 0 Å². The molecule has 1 unspecified atom stereocenters. The molecule has 1 aliphatic rings. The summed E-state index contributed by atoms with van der Waals surface area (Å²) in [5.74, 6) is 0.901. The maximum atomic E-state index is 5.47. The summed E-state index contributed by atoms with van der Waals surface area (Å²) in [6.45, 7) is 3.55. The first-order valence-corrected chi connectivity index (χ1v) is 7.36. The van der Waals surface area contributed by atoms with Crippen molar-refractivity contribution in [1.29, 1.82) is 0 Å². The van der Waals surface area contributed by atoms with E-state index in [2.05, 4.69) is 39.3 Å². The van der Waals surface area contributed by atoms with Crippen molar-refractivity contribution in [1.82, 2.24) is 5.32 Å². The van der Waals surface area contributed by atoms with E-state index in [1.807, 2.05) is 12.1 Å². The molecule has 0 amide bonds. The lowest BCUT2D eigenvalue weighted by molar-refractivity contribution is 0.0749. The lowest BCUT2D eigenvalue weighted by Gasteiger charge is -2.27. The molecule has 1 aromatic carbocycles. The number of halogens is 1. The van der Waals surface area contributed by atoms with Crippen molar-refractivity contribution >= 4 is 21.6 Å². The Morgan fingerprint density at radius 3 is 3.05 bits per heavy atom. The quantitative estimate of drug-likeness (QED) is 0.899. The fraction of sp³-hybridized carbons (Fsp3) is 0.571. The Labute approximate surface area is 123 Å². The monoisotopic (exact) mass is 328 g/mol. The van der Waals surface area contributed by atoms with Crippen molar-refractivity contribution in [3.63, 3.8) is 0 Å². The molecule has 1 heterocycles. The molecule has 0 spiro atoms. The minimum atomic E-state index is 0.453. The third kappa shape index (κ3) is 4.09. The van der Waals surface area contributed by atoms with Crippen LogP contribution in [0.5, 0.6) is 5.75 Å². The molecule has 4 nitrogen and oxygen atoms in total. The van der Waals surface area contributed by atoms with Gasteiger partial charge in [-0.3, -0.25) is 0 Å². The van der Waals surface area contributed by atoms with Gasteiger partial charge in [-0.1, -0.05) is 15.9 Å². The van der Waals surface area contributed by atoms with Gasteiger partial charge in [0.2, 0.25) is 0 Å². The van der Waals surface area contributed by atoms with E-state index in [0.717, 1.165) is 48.6 Å². The zero-order chi connectivity index (χ0) is 13.7.